The standard InChI is InChI=1S/C4H5ClN2/c5-3-1-4(3,7)2-6/h3H,1,7H2. The average molecular weight is 117 g/mol. The Morgan fingerprint density at radius 3 is 2.43 bits per heavy atom. The van der Waals surface area contributed by atoms with Gasteiger partial charge in [0.2, 0.25) is 0 Å². The van der Waals surface area contributed by atoms with Crippen molar-refractivity contribution >= 4 is 11.6 Å². The quantitative estimate of drug-likeness (QED) is 0.461. The molecule has 0 aliphatic heterocycles. The molecule has 1 saturated carbocycles. The summed E-state index contributed by atoms with van der Waals surface area (Å²) in [5.41, 5.74) is 4.62. The Morgan fingerprint density at radius 1 is 2.00 bits per heavy atom. The number of nitrogens with zero attached hydrogens (tertiary/aromatic N) is 1. The van der Waals surface area contributed by atoms with E-state index in [9.17, 15) is 0 Å². The predicted molar refractivity (Wildman–Crippen MR) is 26.8 cm³/mol. The SMILES string of the molecule is N#CC1(N)CC1Cl. The van der Waals surface area contributed by atoms with Crippen LogP contribution in [0.25, 0.3) is 0 Å². The predicted octanol–water partition coefficient (Wildman–Crippen LogP) is 0.219. The smallest absolute Gasteiger partial charge is 0.122 e. The fourth-order valence-electron chi connectivity index (χ4n) is 0.353. The lowest BCUT2D eigenvalue weighted by atomic mass is 10.3. The molecule has 38 valence electrons. The first kappa shape index (κ1) is 4.89. The molecular weight excluding hydrogens is 112 g/mol. The van der Waals surface area contributed by atoms with E-state index in [1.807, 2.05) is 6.07 Å². The Balaban J connectivity index is 2.57. The number of nitriles is 1. The molecule has 2 N–H and O–H groups in total. The van der Waals surface area contributed by atoms with Gasteiger partial charge in [0.25, 0.3) is 0 Å². The summed E-state index contributed by atoms with van der Waals surface area (Å²) in [6, 6.07) is 1.91. The monoisotopic (exact) mass is 116 g/mol. The van der Waals surface area contributed by atoms with E-state index in [0.717, 1.165) is 0 Å². The van der Waals surface area contributed by atoms with E-state index >= 15 is 0 Å². The van der Waals surface area contributed by atoms with Gasteiger partial charge in [-0.1, -0.05) is 0 Å². The van der Waals surface area contributed by atoms with Crippen molar-refractivity contribution < 1.29 is 0 Å². The maximum Gasteiger partial charge on any atom is 0.122 e. The van der Waals surface area contributed by atoms with Crippen LogP contribution in [0.4, 0.5) is 0 Å². The van der Waals surface area contributed by atoms with Gasteiger partial charge in [0, 0.05) is 0 Å². The van der Waals surface area contributed by atoms with Gasteiger partial charge < -0.3 is 5.73 Å². The Bertz CT molecular complexity index is 128. The first-order valence-electron chi connectivity index (χ1n) is 2.03. The summed E-state index contributed by atoms with van der Waals surface area (Å²) < 4.78 is 0. The third-order valence-electron chi connectivity index (χ3n) is 1.12. The van der Waals surface area contributed by atoms with Crippen LogP contribution in [0.5, 0.6) is 0 Å². The summed E-state index contributed by atoms with van der Waals surface area (Å²) in [6.45, 7) is 0. The van der Waals surface area contributed by atoms with Gasteiger partial charge in [0.1, 0.15) is 5.54 Å². The minimum atomic E-state index is -0.679. The van der Waals surface area contributed by atoms with Crippen LogP contribution in [-0.2, 0) is 0 Å². The highest BCUT2D eigenvalue weighted by Gasteiger charge is 2.50. The number of hydrogen-bond acceptors (Lipinski definition) is 2. The summed E-state index contributed by atoms with van der Waals surface area (Å²) in [4.78, 5) is 0. The van der Waals surface area contributed by atoms with E-state index in [-0.39, 0.29) is 5.38 Å². The Morgan fingerprint density at radius 2 is 2.43 bits per heavy atom. The van der Waals surface area contributed by atoms with Crippen molar-refractivity contribution in [3.8, 4) is 6.07 Å². The molecule has 0 heterocycles. The van der Waals surface area contributed by atoms with Gasteiger partial charge in [-0.25, -0.2) is 0 Å². The molecule has 0 bridgehead atoms. The van der Waals surface area contributed by atoms with E-state index in [4.69, 9.17) is 22.6 Å². The summed E-state index contributed by atoms with van der Waals surface area (Å²) >= 11 is 5.45. The molecule has 0 aromatic heterocycles. The second-order valence-electron chi connectivity index (χ2n) is 1.82. The molecule has 0 amide bonds. The second kappa shape index (κ2) is 1.12. The van der Waals surface area contributed by atoms with Crippen molar-refractivity contribution in [1.82, 2.24) is 0 Å². The molecule has 2 nitrogen and oxygen atoms in total. The Hall–Kier alpha value is -0.260. The molecule has 0 aromatic rings. The minimum absolute atomic E-state index is 0.0995. The van der Waals surface area contributed by atoms with Crippen molar-refractivity contribution in [1.29, 1.82) is 5.26 Å². The maximum absolute atomic E-state index is 8.18. The number of nitrogens with two attached hydrogens (primary N) is 1. The van der Waals surface area contributed by atoms with Gasteiger partial charge in [0.15, 0.2) is 0 Å². The minimum Gasteiger partial charge on any atom is -0.312 e. The summed E-state index contributed by atoms with van der Waals surface area (Å²) in [5, 5.41) is 8.08. The van der Waals surface area contributed by atoms with E-state index in [0.29, 0.717) is 6.42 Å². The highest BCUT2D eigenvalue weighted by atomic mass is 35.5. The van der Waals surface area contributed by atoms with Gasteiger partial charge in [-0.3, -0.25) is 0 Å². The molecule has 0 radical (unpaired) electrons. The zero-order valence-electron chi connectivity index (χ0n) is 3.69. The fraction of sp³-hybridized carbons (Fsp3) is 0.750. The lowest BCUT2D eigenvalue weighted by Gasteiger charge is -1.88. The third-order valence-corrected chi connectivity index (χ3v) is 1.67. The second-order valence-corrected chi connectivity index (χ2v) is 2.35. The molecule has 2 unspecified atom stereocenters. The topological polar surface area (TPSA) is 49.8 Å². The molecule has 1 fully saturated rings. The molecule has 7 heavy (non-hydrogen) atoms. The van der Waals surface area contributed by atoms with Crippen molar-refractivity contribution in [2.24, 2.45) is 5.73 Å². The van der Waals surface area contributed by atoms with Crippen molar-refractivity contribution in [2.45, 2.75) is 17.3 Å². The van der Waals surface area contributed by atoms with E-state index in [2.05, 4.69) is 0 Å². The van der Waals surface area contributed by atoms with Crippen molar-refractivity contribution in [3.05, 3.63) is 0 Å². The molecule has 1 aliphatic rings. The number of alkyl halides is 1. The van der Waals surface area contributed by atoms with Crippen LogP contribution in [0.1, 0.15) is 6.42 Å². The van der Waals surface area contributed by atoms with Gasteiger partial charge >= 0.3 is 0 Å². The largest absolute Gasteiger partial charge is 0.312 e. The summed E-state index contributed by atoms with van der Waals surface area (Å²) in [7, 11) is 0. The van der Waals surface area contributed by atoms with Gasteiger partial charge in [-0.15, -0.1) is 11.6 Å². The molecule has 0 spiro atoms. The normalized spacial score (nSPS) is 47.9. The summed E-state index contributed by atoms with van der Waals surface area (Å²) in [6.07, 6.45) is 0.644. The lowest BCUT2D eigenvalue weighted by Crippen LogP contribution is -2.21. The van der Waals surface area contributed by atoms with Crippen LogP contribution >= 0.6 is 11.6 Å². The van der Waals surface area contributed by atoms with Crippen molar-refractivity contribution in [3.63, 3.8) is 0 Å². The van der Waals surface area contributed by atoms with Crippen LogP contribution in [0.3, 0.4) is 0 Å². The van der Waals surface area contributed by atoms with E-state index in [1.54, 1.807) is 0 Å². The van der Waals surface area contributed by atoms with Crippen LogP contribution in [0.2, 0.25) is 0 Å². The van der Waals surface area contributed by atoms with Crippen molar-refractivity contribution in [2.75, 3.05) is 0 Å². The maximum atomic E-state index is 8.18. The number of hydrogen-bond donors (Lipinski definition) is 1. The first-order chi connectivity index (χ1) is 3.19. The molecule has 3 heteroatoms. The van der Waals surface area contributed by atoms with Gasteiger partial charge in [-0.05, 0) is 6.42 Å². The summed E-state index contributed by atoms with van der Waals surface area (Å²) in [5.74, 6) is 0. The zero-order chi connectivity index (χ0) is 5.49. The Labute approximate surface area is 46.9 Å². The molecular formula is C4H5ClN2. The van der Waals surface area contributed by atoms with Crippen LogP contribution in [0.15, 0.2) is 0 Å². The third kappa shape index (κ3) is 0.583. The zero-order valence-corrected chi connectivity index (χ0v) is 4.44. The fourth-order valence-corrected chi connectivity index (χ4v) is 0.657. The average Bonchev–Trinajstić information content (AvgIpc) is 2.18. The molecule has 0 aromatic carbocycles. The molecule has 0 saturated heterocycles. The van der Waals surface area contributed by atoms with Crippen LogP contribution in [0, 0.1) is 11.3 Å². The van der Waals surface area contributed by atoms with Crippen LogP contribution in [-0.4, -0.2) is 10.9 Å². The Kier molecular flexibility index (Phi) is 0.781. The molecule has 1 aliphatic carbocycles. The molecule has 1 rings (SSSR count). The van der Waals surface area contributed by atoms with Crippen LogP contribution < -0.4 is 5.73 Å². The van der Waals surface area contributed by atoms with Gasteiger partial charge in [0.05, 0.1) is 11.4 Å². The number of rotatable bonds is 0. The highest BCUT2D eigenvalue weighted by Crippen LogP contribution is 2.37. The van der Waals surface area contributed by atoms with E-state index < -0.39 is 5.54 Å². The first-order valence-corrected chi connectivity index (χ1v) is 2.47. The molecule has 2 atom stereocenters. The van der Waals surface area contributed by atoms with E-state index in [1.165, 1.54) is 0 Å². The highest BCUT2D eigenvalue weighted by molar-refractivity contribution is 6.24. The van der Waals surface area contributed by atoms with Gasteiger partial charge in [-0.2, -0.15) is 5.26 Å². The lowest BCUT2D eigenvalue weighted by molar-refractivity contribution is 0.874. The number of halogens is 1.